The zero-order chi connectivity index (χ0) is 14.7. The molecule has 2 rings (SSSR count). The molecule has 1 N–H and O–H groups in total. The van der Waals surface area contributed by atoms with Crippen LogP contribution in [-0.4, -0.2) is 12.2 Å². The van der Waals surface area contributed by atoms with E-state index in [1.807, 2.05) is 50.2 Å². The lowest BCUT2D eigenvalue weighted by molar-refractivity contribution is 0.190. The Balaban J connectivity index is 2.45. The minimum atomic E-state index is -0.661. The fourth-order valence-electron chi connectivity index (χ4n) is 2.14. The molecule has 0 bridgehead atoms. The Kier molecular flexibility index (Phi) is 4.30. The van der Waals surface area contributed by atoms with Crippen LogP contribution in [0.1, 0.15) is 29.7 Å². The smallest absolute Gasteiger partial charge is 0.136 e. The Morgan fingerprint density at radius 1 is 1.00 bits per heavy atom. The highest BCUT2D eigenvalue weighted by Crippen LogP contribution is 2.37. The van der Waals surface area contributed by atoms with Gasteiger partial charge in [-0.2, -0.15) is 0 Å². The van der Waals surface area contributed by atoms with Crippen molar-refractivity contribution in [2.24, 2.45) is 0 Å². The van der Waals surface area contributed by atoms with E-state index in [9.17, 15) is 5.11 Å². The van der Waals surface area contributed by atoms with Gasteiger partial charge in [0.1, 0.15) is 17.2 Å². The largest absolute Gasteiger partial charge is 0.496 e. The van der Waals surface area contributed by atoms with Crippen LogP contribution in [0.3, 0.4) is 0 Å². The lowest BCUT2D eigenvalue weighted by Crippen LogP contribution is -2.00. The van der Waals surface area contributed by atoms with Gasteiger partial charge in [0, 0.05) is 0 Å². The lowest BCUT2D eigenvalue weighted by atomic mass is 10.1. The third-order valence-corrected chi connectivity index (χ3v) is 3.23. The maximum atomic E-state index is 9.96. The van der Waals surface area contributed by atoms with Crippen LogP contribution in [0.5, 0.6) is 17.2 Å². The van der Waals surface area contributed by atoms with Gasteiger partial charge in [-0.1, -0.05) is 18.2 Å². The van der Waals surface area contributed by atoms with Crippen molar-refractivity contribution >= 4 is 0 Å². The summed E-state index contributed by atoms with van der Waals surface area (Å²) in [5, 5.41) is 9.96. The standard InChI is InChI=1S/C17H20O3/c1-11-8-9-12(2)16(10-11)20-15-7-5-6-14(19-4)17(15)13(3)18/h5-10,13,18H,1-4H3/t13-/m0/s1. The monoisotopic (exact) mass is 272 g/mol. The van der Waals surface area contributed by atoms with Gasteiger partial charge < -0.3 is 14.6 Å². The van der Waals surface area contributed by atoms with Gasteiger partial charge in [0.05, 0.1) is 18.8 Å². The van der Waals surface area contributed by atoms with Crippen LogP contribution in [0, 0.1) is 13.8 Å². The van der Waals surface area contributed by atoms with Crippen molar-refractivity contribution in [3.63, 3.8) is 0 Å². The summed E-state index contributed by atoms with van der Waals surface area (Å²) in [6.45, 7) is 5.72. The van der Waals surface area contributed by atoms with E-state index in [0.717, 1.165) is 16.9 Å². The van der Waals surface area contributed by atoms with E-state index >= 15 is 0 Å². The first kappa shape index (κ1) is 14.4. The molecular formula is C17H20O3. The molecule has 2 aromatic rings. The van der Waals surface area contributed by atoms with Crippen LogP contribution in [-0.2, 0) is 0 Å². The number of methoxy groups -OCH3 is 1. The summed E-state index contributed by atoms with van der Waals surface area (Å²) in [5.74, 6) is 2.04. The Morgan fingerprint density at radius 3 is 2.35 bits per heavy atom. The van der Waals surface area contributed by atoms with Crippen molar-refractivity contribution < 1.29 is 14.6 Å². The van der Waals surface area contributed by atoms with E-state index < -0.39 is 6.10 Å². The highest BCUT2D eigenvalue weighted by atomic mass is 16.5. The van der Waals surface area contributed by atoms with E-state index in [1.165, 1.54) is 0 Å². The average molecular weight is 272 g/mol. The van der Waals surface area contributed by atoms with Crippen molar-refractivity contribution in [1.29, 1.82) is 0 Å². The number of aliphatic hydroxyl groups excluding tert-OH is 1. The van der Waals surface area contributed by atoms with Crippen molar-refractivity contribution in [2.75, 3.05) is 7.11 Å². The van der Waals surface area contributed by atoms with Gasteiger partial charge in [-0.25, -0.2) is 0 Å². The summed E-state index contributed by atoms with van der Waals surface area (Å²) in [6.07, 6.45) is -0.661. The van der Waals surface area contributed by atoms with Crippen molar-refractivity contribution in [3.8, 4) is 17.2 Å². The molecule has 0 saturated heterocycles. The summed E-state index contributed by atoms with van der Waals surface area (Å²) >= 11 is 0. The first-order valence-electron chi connectivity index (χ1n) is 6.63. The molecule has 0 saturated carbocycles. The van der Waals surface area contributed by atoms with Crippen LogP contribution in [0.4, 0.5) is 0 Å². The molecule has 106 valence electrons. The van der Waals surface area contributed by atoms with Gasteiger partial charge in [0.15, 0.2) is 0 Å². The summed E-state index contributed by atoms with van der Waals surface area (Å²) < 4.78 is 11.3. The molecule has 0 aliphatic heterocycles. The van der Waals surface area contributed by atoms with Crippen molar-refractivity contribution in [2.45, 2.75) is 26.9 Å². The van der Waals surface area contributed by atoms with Gasteiger partial charge >= 0.3 is 0 Å². The Hall–Kier alpha value is -2.00. The Morgan fingerprint density at radius 2 is 1.70 bits per heavy atom. The number of aliphatic hydroxyl groups is 1. The van der Waals surface area contributed by atoms with E-state index in [-0.39, 0.29) is 0 Å². The van der Waals surface area contributed by atoms with Crippen LogP contribution >= 0.6 is 0 Å². The van der Waals surface area contributed by atoms with Crippen molar-refractivity contribution in [3.05, 3.63) is 53.1 Å². The average Bonchev–Trinajstić information content (AvgIpc) is 2.42. The Bertz CT molecular complexity index is 603. The SMILES string of the molecule is COc1cccc(Oc2cc(C)ccc2C)c1[C@H](C)O. The van der Waals surface area contributed by atoms with Crippen molar-refractivity contribution in [1.82, 2.24) is 0 Å². The zero-order valence-corrected chi connectivity index (χ0v) is 12.3. The van der Waals surface area contributed by atoms with Crippen LogP contribution in [0.15, 0.2) is 36.4 Å². The number of ether oxygens (including phenoxy) is 2. The molecule has 20 heavy (non-hydrogen) atoms. The van der Waals surface area contributed by atoms with E-state index in [0.29, 0.717) is 17.1 Å². The molecule has 3 nitrogen and oxygen atoms in total. The zero-order valence-electron chi connectivity index (χ0n) is 12.3. The molecule has 0 aromatic heterocycles. The molecule has 1 atom stereocenters. The van der Waals surface area contributed by atoms with Crippen LogP contribution in [0.2, 0.25) is 0 Å². The molecule has 0 unspecified atom stereocenters. The maximum absolute atomic E-state index is 9.96. The highest BCUT2D eigenvalue weighted by Gasteiger charge is 2.16. The first-order valence-corrected chi connectivity index (χ1v) is 6.63. The fraction of sp³-hybridized carbons (Fsp3) is 0.294. The molecule has 2 aromatic carbocycles. The number of hydrogen-bond donors (Lipinski definition) is 1. The van der Waals surface area contributed by atoms with Gasteiger partial charge in [-0.05, 0) is 50.1 Å². The van der Waals surface area contributed by atoms with Gasteiger partial charge in [-0.3, -0.25) is 0 Å². The minimum absolute atomic E-state index is 0.619. The second-order valence-electron chi connectivity index (χ2n) is 4.92. The van der Waals surface area contributed by atoms with E-state index in [1.54, 1.807) is 14.0 Å². The maximum Gasteiger partial charge on any atom is 0.136 e. The van der Waals surface area contributed by atoms with Crippen LogP contribution in [0.25, 0.3) is 0 Å². The second-order valence-corrected chi connectivity index (χ2v) is 4.92. The first-order chi connectivity index (χ1) is 9.52. The molecule has 0 heterocycles. The van der Waals surface area contributed by atoms with E-state index in [2.05, 4.69) is 0 Å². The quantitative estimate of drug-likeness (QED) is 0.908. The fourth-order valence-corrected chi connectivity index (χ4v) is 2.14. The van der Waals surface area contributed by atoms with E-state index in [4.69, 9.17) is 9.47 Å². The normalized spacial score (nSPS) is 12.1. The topological polar surface area (TPSA) is 38.7 Å². The molecular weight excluding hydrogens is 252 g/mol. The van der Waals surface area contributed by atoms with Gasteiger partial charge in [0.2, 0.25) is 0 Å². The summed E-state index contributed by atoms with van der Waals surface area (Å²) in [4.78, 5) is 0. The number of hydrogen-bond acceptors (Lipinski definition) is 3. The van der Waals surface area contributed by atoms with Gasteiger partial charge in [0.25, 0.3) is 0 Å². The third kappa shape index (κ3) is 2.94. The Labute approximate surface area is 119 Å². The molecule has 0 aliphatic rings. The predicted molar refractivity (Wildman–Crippen MR) is 79.6 cm³/mol. The third-order valence-electron chi connectivity index (χ3n) is 3.23. The lowest BCUT2D eigenvalue weighted by Gasteiger charge is -2.17. The molecule has 0 radical (unpaired) electrons. The number of aryl methyl sites for hydroxylation is 2. The molecule has 3 heteroatoms. The molecule has 0 fully saturated rings. The van der Waals surface area contributed by atoms with Crippen LogP contribution < -0.4 is 9.47 Å². The summed E-state index contributed by atoms with van der Waals surface area (Å²) in [7, 11) is 1.59. The summed E-state index contributed by atoms with van der Waals surface area (Å²) in [6, 6.07) is 11.6. The number of benzene rings is 2. The summed E-state index contributed by atoms with van der Waals surface area (Å²) in [5.41, 5.74) is 2.85. The number of rotatable bonds is 4. The van der Waals surface area contributed by atoms with Gasteiger partial charge in [-0.15, -0.1) is 0 Å². The molecule has 0 aliphatic carbocycles. The second kappa shape index (κ2) is 5.97. The molecule has 0 spiro atoms. The molecule has 0 amide bonds. The highest BCUT2D eigenvalue weighted by molar-refractivity contribution is 5.49. The predicted octanol–water partition coefficient (Wildman–Crippen LogP) is 4.16. The minimum Gasteiger partial charge on any atom is -0.496 e.